The fraction of sp³-hybridized carbons (Fsp3) is 1.00. The number of phosphoric acid groups is 1. The Morgan fingerprint density at radius 3 is 1.93 bits per heavy atom. The summed E-state index contributed by atoms with van der Waals surface area (Å²) in [6, 6.07) is 0. The first-order valence-corrected chi connectivity index (χ1v) is 6.19. The minimum Gasteiger partial charge on any atom is -0.790 e. The summed E-state index contributed by atoms with van der Waals surface area (Å²) in [5.41, 5.74) is 0. The van der Waals surface area contributed by atoms with E-state index < -0.39 is 7.82 Å². The van der Waals surface area contributed by atoms with Crippen molar-refractivity contribution in [2.24, 2.45) is 0 Å². The van der Waals surface area contributed by atoms with Crippen LogP contribution in [0.3, 0.4) is 0 Å². The molecule has 7 heteroatoms. The third kappa shape index (κ3) is 23.0. The number of hydrogen-bond acceptors (Lipinski definition) is 4. The maximum atomic E-state index is 10.0. The Kier molecular flexibility index (Phi) is 24.2. The summed E-state index contributed by atoms with van der Waals surface area (Å²) in [6.45, 7) is 2.17. The molecule has 0 radical (unpaired) electrons. The molecule has 0 fully saturated rings. The molecule has 0 unspecified atom stereocenters. The van der Waals surface area contributed by atoms with Gasteiger partial charge in [-0.05, 0) is 6.42 Å². The zero-order valence-electron chi connectivity index (χ0n) is 10.0. The van der Waals surface area contributed by atoms with E-state index in [0.29, 0.717) is 6.42 Å². The van der Waals surface area contributed by atoms with Crippen molar-refractivity contribution in [3.63, 3.8) is 0 Å². The Morgan fingerprint density at radius 1 is 1.00 bits per heavy atom. The molecule has 0 aliphatic heterocycles. The number of hydrogen-bond donors (Lipinski definition) is 0. The van der Waals surface area contributed by atoms with Crippen LogP contribution in [0.4, 0.5) is 0 Å². The second-order valence-electron chi connectivity index (χ2n) is 3.05. The predicted octanol–water partition coefficient (Wildman–Crippen LogP) is -4.80. The van der Waals surface area contributed by atoms with Crippen molar-refractivity contribution in [3.8, 4) is 0 Å². The smallest absolute Gasteiger partial charge is 0.790 e. The first kappa shape index (κ1) is 23.5. The third-order valence-electron chi connectivity index (χ3n) is 1.75. The Bertz CT molecular complexity index is 163. The SMILES string of the molecule is CCCCCCCCOP(=O)([O-])[O-].[K+].[K+]. The molecule has 0 heterocycles. The normalized spacial score (nSPS) is 10.3. The van der Waals surface area contributed by atoms with Crippen LogP contribution in [-0.4, -0.2) is 6.61 Å². The molecule has 0 N–H and O–H groups in total. The largest absolute Gasteiger partial charge is 1.00 e. The van der Waals surface area contributed by atoms with Crippen LogP contribution in [-0.2, 0) is 9.09 Å². The van der Waals surface area contributed by atoms with Crippen molar-refractivity contribution < 1.29 is 122 Å². The van der Waals surface area contributed by atoms with Crippen LogP contribution in [0.5, 0.6) is 0 Å². The molecule has 4 nitrogen and oxygen atoms in total. The summed E-state index contributed by atoms with van der Waals surface area (Å²) in [4.78, 5) is 20.0. The zero-order chi connectivity index (χ0) is 10.2. The Balaban J connectivity index is -0.000000720. The minimum absolute atomic E-state index is 0. The average Bonchev–Trinajstić information content (AvgIpc) is 2.01. The second kappa shape index (κ2) is 15.4. The monoisotopic (exact) mass is 286 g/mol. The quantitative estimate of drug-likeness (QED) is 0.255. The van der Waals surface area contributed by atoms with Gasteiger partial charge in [-0.15, -0.1) is 0 Å². The van der Waals surface area contributed by atoms with Crippen molar-refractivity contribution in [3.05, 3.63) is 0 Å². The molecule has 0 aromatic carbocycles. The molecule has 15 heavy (non-hydrogen) atoms. The summed E-state index contributed by atoms with van der Waals surface area (Å²) in [5.74, 6) is 0. The Hall–Kier alpha value is 3.38. The van der Waals surface area contributed by atoms with E-state index in [1.54, 1.807) is 0 Å². The summed E-state index contributed by atoms with van der Waals surface area (Å²) in [6.07, 6.45) is 6.23. The van der Waals surface area contributed by atoms with E-state index in [2.05, 4.69) is 11.4 Å². The van der Waals surface area contributed by atoms with Crippen molar-refractivity contribution in [2.75, 3.05) is 6.61 Å². The molecule has 0 saturated carbocycles. The molecule has 0 amide bonds. The fourth-order valence-corrected chi connectivity index (χ4v) is 1.41. The van der Waals surface area contributed by atoms with Gasteiger partial charge in [-0.3, -0.25) is 0 Å². The van der Waals surface area contributed by atoms with Gasteiger partial charge in [0.1, 0.15) is 0 Å². The second-order valence-corrected chi connectivity index (χ2v) is 4.20. The molecule has 0 rings (SSSR count). The van der Waals surface area contributed by atoms with E-state index in [9.17, 15) is 14.4 Å². The summed E-state index contributed by atoms with van der Waals surface area (Å²) in [5, 5.41) is 0. The van der Waals surface area contributed by atoms with Gasteiger partial charge < -0.3 is 18.9 Å². The molecular weight excluding hydrogens is 269 g/mol. The van der Waals surface area contributed by atoms with Gasteiger partial charge in [0.2, 0.25) is 0 Å². The van der Waals surface area contributed by atoms with E-state index in [4.69, 9.17) is 0 Å². The molecule has 0 spiro atoms. The molecular formula is C8H17K2O4P. The van der Waals surface area contributed by atoms with Gasteiger partial charge >= 0.3 is 103 Å². The Labute approximate surface area is 177 Å². The van der Waals surface area contributed by atoms with E-state index in [1.807, 2.05) is 0 Å². The third-order valence-corrected chi connectivity index (χ3v) is 2.25. The Morgan fingerprint density at radius 2 is 1.47 bits per heavy atom. The molecule has 80 valence electrons. The van der Waals surface area contributed by atoms with Crippen LogP contribution in [0.2, 0.25) is 0 Å². The minimum atomic E-state index is -4.73. The van der Waals surface area contributed by atoms with Crippen LogP contribution in [0, 0.1) is 0 Å². The summed E-state index contributed by atoms with van der Waals surface area (Å²) in [7, 11) is -4.73. The van der Waals surface area contributed by atoms with Crippen LogP contribution < -0.4 is 113 Å². The van der Waals surface area contributed by atoms with Crippen molar-refractivity contribution in [2.45, 2.75) is 45.4 Å². The van der Waals surface area contributed by atoms with E-state index in [1.165, 1.54) is 19.3 Å². The van der Waals surface area contributed by atoms with Crippen LogP contribution in [0.1, 0.15) is 45.4 Å². The van der Waals surface area contributed by atoms with Crippen LogP contribution in [0.15, 0.2) is 0 Å². The molecule has 0 aliphatic carbocycles. The van der Waals surface area contributed by atoms with Gasteiger partial charge in [-0.2, -0.15) is 0 Å². The van der Waals surface area contributed by atoms with Crippen LogP contribution in [0.25, 0.3) is 0 Å². The molecule has 0 saturated heterocycles. The van der Waals surface area contributed by atoms with Gasteiger partial charge in [0.15, 0.2) is 0 Å². The molecule has 0 aliphatic rings. The van der Waals surface area contributed by atoms with E-state index in [-0.39, 0.29) is 109 Å². The fourth-order valence-electron chi connectivity index (χ4n) is 1.06. The molecule has 0 aromatic rings. The van der Waals surface area contributed by atoms with E-state index in [0.717, 1.165) is 12.8 Å². The van der Waals surface area contributed by atoms with Gasteiger partial charge in [-0.25, -0.2) is 0 Å². The first-order chi connectivity index (χ1) is 6.06. The average molecular weight is 286 g/mol. The first-order valence-electron chi connectivity index (χ1n) is 4.73. The van der Waals surface area contributed by atoms with Gasteiger partial charge in [0, 0.05) is 0 Å². The maximum absolute atomic E-state index is 10.0. The van der Waals surface area contributed by atoms with Gasteiger partial charge in [0.05, 0.1) is 14.4 Å². The van der Waals surface area contributed by atoms with Crippen molar-refractivity contribution in [1.82, 2.24) is 0 Å². The molecule has 0 aromatic heterocycles. The number of phosphoric ester groups is 1. The van der Waals surface area contributed by atoms with E-state index >= 15 is 0 Å². The molecule has 0 bridgehead atoms. The molecule has 0 atom stereocenters. The van der Waals surface area contributed by atoms with Gasteiger partial charge in [0.25, 0.3) is 0 Å². The summed E-state index contributed by atoms with van der Waals surface area (Å²) >= 11 is 0. The van der Waals surface area contributed by atoms with Crippen molar-refractivity contribution >= 4 is 7.82 Å². The number of unbranched alkanes of at least 4 members (excludes halogenated alkanes) is 5. The van der Waals surface area contributed by atoms with Gasteiger partial charge in [-0.1, -0.05) is 39.0 Å². The standard InChI is InChI=1S/C8H19O4P.2K/c1-2-3-4-5-6-7-8-12-13(9,10)11;;/h2-8H2,1H3,(H2,9,10,11);;/q;2*+1/p-2. The zero-order valence-corrected chi connectivity index (χ0v) is 17.2. The maximum Gasteiger partial charge on any atom is 1.00 e. The van der Waals surface area contributed by atoms with Crippen LogP contribution >= 0.6 is 7.82 Å². The topological polar surface area (TPSA) is 72.4 Å². The summed E-state index contributed by atoms with van der Waals surface area (Å²) < 4.78 is 14.1. The predicted molar refractivity (Wildman–Crippen MR) is 46.9 cm³/mol. The van der Waals surface area contributed by atoms with Crippen molar-refractivity contribution in [1.29, 1.82) is 0 Å². The number of rotatable bonds is 8.